The molecule has 0 aromatic carbocycles. The number of hydrogen-bond acceptors (Lipinski definition) is 2. The quantitative estimate of drug-likeness (QED) is 0.515. The number of fused-ring (bicyclic) bond motifs is 1. The van der Waals surface area contributed by atoms with Crippen LogP contribution in [-0.4, -0.2) is 38.1 Å². The summed E-state index contributed by atoms with van der Waals surface area (Å²) in [4.78, 5) is 2.46. The number of hydrogen-bond donors (Lipinski definition) is 1. The zero-order chi connectivity index (χ0) is 6.97. The molecule has 2 heterocycles. The molecule has 2 atom stereocenters. The van der Waals surface area contributed by atoms with Gasteiger partial charge in [0.2, 0.25) is 0 Å². The zero-order valence-corrected chi connectivity index (χ0v) is 6.64. The van der Waals surface area contributed by atoms with E-state index in [9.17, 15) is 0 Å². The average molecular weight is 140 g/mol. The summed E-state index contributed by atoms with van der Waals surface area (Å²) in [5.41, 5.74) is 0. The molecule has 58 valence electrons. The van der Waals surface area contributed by atoms with Crippen molar-refractivity contribution < 1.29 is 0 Å². The molecule has 0 saturated carbocycles. The minimum absolute atomic E-state index is 0.957. The van der Waals surface area contributed by atoms with E-state index in [1.807, 2.05) is 0 Å². The Morgan fingerprint density at radius 1 is 1.30 bits per heavy atom. The molecule has 2 nitrogen and oxygen atoms in total. The fourth-order valence-electron chi connectivity index (χ4n) is 2.31. The lowest BCUT2D eigenvalue weighted by molar-refractivity contribution is 0.318. The average Bonchev–Trinajstić information content (AvgIpc) is 2.27. The van der Waals surface area contributed by atoms with Gasteiger partial charge in [-0.3, -0.25) is 0 Å². The van der Waals surface area contributed by atoms with Crippen LogP contribution in [0.3, 0.4) is 0 Å². The van der Waals surface area contributed by atoms with Gasteiger partial charge in [0.15, 0.2) is 0 Å². The Hall–Kier alpha value is -0.0800. The van der Waals surface area contributed by atoms with Crippen LogP contribution >= 0.6 is 0 Å². The first-order chi connectivity index (χ1) is 4.86. The second-order valence-electron chi connectivity index (χ2n) is 3.73. The molecular formula is C8H16N2. The van der Waals surface area contributed by atoms with Crippen molar-refractivity contribution in [2.24, 2.45) is 11.8 Å². The SMILES string of the molecule is CN1C[C@H]2CCNC[C@H]2C1. The molecule has 2 fully saturated rings. The van der Waals surface area contributed by atoms with E-state index < -0.39 is 0 Å². The van der Waals surface area contributed by atoms with E-state index in [1.165, 1.54) is 32.6 Å². The van der Waals surface area contributed by atoms with E-state index in [-0.39, 0.29) is 0 Å². The third kappa shape index (κ3) is 1.06. The molecule has 0 unspecified atom stereocenters. The number of likely N-dealkylation sites (tertiary alicyclic amines) is 1. The van der Waals surface area contributed by atoms with E-state index in [1.54, 1.807) is 0 Å². The fraction of sp³-hybridized carbons (Fsp3) is 1.00. The summed E-state index contributed by atoms with van der Waals surface area (Å²) in [5, 5.41) is 3.45. The normalized spacial score (nSPS) is 41.7. The Kier molecular flexibility index (Phi) is 1.66. The number of rotatable bonds is 0. The lowest BCUT2D eigenvalue weighted by Gasteiger charge is -2.24. The van der Waals surface area contributed by atoms with Crippen molar-refractivity contribution in [2.75, 3.05) is 33.2 Å². The predicted octanol–water partition coefficient (Wildman–Crippen LogP) is 0.158. The molecule has 0 aliphatic carbocycles. The van der Waals surface area contributed by atoms with Crippen LogP contribution < -0.4 is 5.32 Å². The summed E-state index contributed by atoms with van der Waals surface area (Å²) in [7, 11) is 2.23. The largest absolute Gasteiger partial charge is 0.316 e. The number of nitrogens with one attached hydrogen (secondary N) is 1. The van der Waals surface area contributed by atoms with Crippen LogP contribution in [0.5, 0.6) is 0 Å². The highest BCUT2D eigenvalue weighted by Crippen LogP contribution is 2.26. The predicted molar refractivity (Wildman–Crippen MR) is 42.0 cm³/mol. The highest BCUT2D eigenvalue weighted by Gasteiger charge is 2.31. The first kappa shape index (κ1) is 6.62. The summed E-state index contributed by atoms with van der Waals surface area (Å²) < 4.78 is 0. The van der Waals surface area contributed by atoms with Gasteiger partial charge in [-0.1, -0.05) is 0 Å². The molecule has 0 aromatic heterocycles. The molecule has 0 bridgehead atoms. The summed E-state index contributed by atoms with van der Waals surface area (Å²) in [6, 6.07) is 0. The molecular weight excluding hydrogens is 124 g/mol. The maximum Gasteiger partial charge on any atom is 0.00220 e. The Morgan fingerprint density at radius 3 is 2.90 bits per heavy atom. The third-order valence-electron chi connectivity index (χ3n) is 2.86. The first-order valence-electron chi connectivity index (χ1n) is 4.25. The van der Waals surface area contributed by atoms with Crippen LogP contribution in [0.4, 0.5) is 0 Å². The topological polar surface area (TPSA) is 15.3 Å². The van der Waals surface area contributed by atoms with Gasteiger partial charge < -0.3 is 10.2 Å². The maximum absolute atomic E-state index is 3.45. The van der Waals surface area contributed by atoms with Crippen LogP contribution in [-0.2, 0) is 0 Å². The second kappa shape index (κ2) is 2.51. The molecule has 0 amide bonds. The molecule has 2 aliphatic rings. The lowest BCUT2D eigenvalue weighted by atomic mass is 9.90. The Labute approximate surface area is 62.6 Å². The van der Waals surface area contributed by atoms with Gasteiger partial charge in [0, 0.05) is 13.1 Å². The van der Waals surface area contributed by atoms with Crippen LogP contribution in [0.1, 0.15) is 6.42 Å². The summed E-state index contributed by atoms with van der Waals surface area (Å²) in [6.07, 6.45) is 1.40. The van der Waals surface area contributed by atoms with Crippen molar-refractivity contribution in [1.29, 1.82) is 0 Å². The van der Waals surface area contributed by atoms with Crippen molar-refractivity contribution in [2.45, 2.75) is 6.42 Å². The standard InChI is InChI=1S/C8H16N2/c1-10-5-7-2-3-9-4-8(7)6-10/h7-9H,2-6H2,1H3/t7-,8+/m1/s1. The highest BCUT2D eigenvalue weighted by atomic mass is 15.1. The summed E-state index contributed by atoms with van der Waals surface area (Å²) in [5.74, 6) is 1.96. The maximum atomic E-state index is 3.45. The molecule has 2 aliphatic heterocycles. The molecule has 0 radical (unpaired) electrons. The first-order valence-corrected chi connectivity index (χ1v) is 4.25. The van der Waals surface area contributed by atoms with E-state index in [2.05, 4.69) is 17.3 Å². The number of nitrogens with zero attached hydrogens (tertiary/aromatic N) is 1. The Morgan fingerprint density at radius 2 is 2.10 bits per heavy atom. The molecule has 10 heavy (non-hydrogen) atoms. The monoisotopic (exact) mass is 140 g/mol. The van der Waals surface area contributed by atoms with Crippen LogP contribution in [0.15, 0.2) is 0 Å². The smallest absolute Gasteiger partial charge is 0.00220 e. The zero-order valence-electron chi connectivity index (χ0n) is 6.64. The number of piperidine rings is 1. The minimum Gasteiger partial charge on any atom is -0.316 e. The van der Waals surface area contributed by atoms with Crippen molar-refractivity contribution in [3.8, 4) is 0 Å². The van der Waals surface area contributed by atoms with E-state index in [4.69, 9.17) is 0 Å². The van der Waals surface area contributed by atoms with Gasteiger partial charge >= 0.3 is 0 Å². The molecule has 2 rings (SSSR count). The second-order valence-corrected chi connectivity index (χ2v) is 3.73. The lowest BCUT2D eigenvalue weighted by Crippen LogP contribution is -2.35. The van der Waals surface area contributed by atoms with Gasteiger partial charge in [-0.15, -0.1) is 0 Å². The van der Waals surface area contributed by atoms with Gasteiger partial charge in [0.25, 0.3) is 0 Å². The molecule has 0 spiro atoms. The summed E-state index contributed by atoms with van der Waals surface area (Å²) in [6.45, 7) is 5.16. The van der Waals surface area contributed by atoms with Gasteiger partial charge in [-0.25, -0.2) is 0 Å². The van der Waals surface area contributed by atoms with Gasteiger partial charge in [-0.2, -0.15) is 0 Å². The van der Waals surface area contributed by atoms with Crippen molar-refractivity contribution in [1.82, 2.24) is 10.2 Å². The Bertz CT molecular complexity index is 110. The van der Waals surface area contributed by atoms with Crippen LogP contribution in [0.2, 0.25) is 0 Å². The van der Waals surface area contributed by atoms with Crippen molar-refractivity contribution in [3.63, 3.8) is 0 Å². The molecule has 2 saturated heterocycles. The van der Waals surface area contributed by atoms with Crippen LogP contribution in [0, 0.1) is 11.8 Å². The van der Waals surface area contributed by atoms with Crippen LogP contribution in [0.25, 0.3) is 0 Å². The van der Waals surface area contributed by atoms with E-state index >= 15 is 0 Å². The van der Waals surface area contributed by atoms with Gasteiger partial charge in [-0.05, 0) is 38.4 Å². The van der Waals surface area contributed by atoms with Gasteiger partial charge in [0.1, 0.15) is 0 Å². The van der Waals surface area contributed by atoms with Gasteiger partial charge in [0.05, 0.1) is 0 Å². The van der Waals surface area contributed by atoms with Crippen molar-refractivity contribution in [3.05, 3.63) is 0 Å². The van der Waals surface area contributed by atoms with E-state index in [0.717, 1.165) is 11.8 Å². The molecule has 0 aromatic rings. The molecule has 2 heteroatoms. The molecule has 1 N–H and O–H groups in total. The Balaban J connectivity index is 1.97. The summed E-state index contributed by atoms with van der Waals surface area (Å²) >= 11 is 0. The minimum atomic E-state index is 0.957. The van der Waals surface area contributed by atoms with E-state index in [0.29, 0.717) is 0 Å². The highest BCUT2D eigenvalue weighted by molar-refractivity contribution is 4.86. The van der Waals surface area contributed by atoms with Crippen molar-refractivity contribution >= 4 is 0 Å². The fourth-order valence-corrected chi connectivity index (χ4v) is 2.31. The third-order valence-corrected chi connectivity index (χ3v) is 2.86.